The highest BCUT2D eigenvalue weighted by Gasteiger charge is 2.23. The fourth-order valence-corrected chi connectivity index (χ4v) is 3.66. The number of para-hydroxylation sites is 1. The SMILES string of the molecule is CCCCN(CC(=O)Nc1cc(C(C)(C)C)nn1-c1ccccc1Cl)C(=O)Nc1ccc(C)cc1. The Balaban J connectivity index is 1.81. The summed E-state index contributed by atoms with van der Waals surface area (Å²) in [7, 11) is 0. The van der Waals surface area contributed by atoms with Gasteiger partial charge in [-0.2, -0.15) is 5.10 Å². The molecule has 3 amide bonds. The Morgan fingerprint density at radius 3 is 2.37 bits per heavy atom. The van der Waals surface area contributed by atoms with Crippen LogP contribution in [0.4, 0.5) is 16.3 Å². The number of halogens is 1. The number of rotatable bonds is 8. The van der Waals surface area contributed by atoms with E-state index >= 15 is 0 Å². The molecular formula is C27H34ClN5O2. The molecule has 0 atom stereocenters. The van der Waals surface area contributed by atoms with E-state index in [0.717, 1.165) is 24.1 Å². The molecule has 7 nitrogen and oxygen atoms in total. The van der Waals surface area contributed by atoms with Gasteiger partial charge in [-0.25, -0.2) is 9.48 Å². The minimum atomic E-state index is -0.313. The number of nitrogens with zero attached hydrogens (tertiary/aromatic N) is 3. The number of benzene rings is 2. The minimum absolute atomic E-state index is 0.0871. The number of amides is 3. The summed E-state index contributed by atoms with van der Waals surface area (Å²) in [4.78, 5) is 27.6. The molecule has 0 aliphatic rings. The molecule has 0 unspecified atom stereocenters. The van der Waals surface area contributed by atoms with Gasteiger partial charge in [-0.3, -0.25) is 4.79 Å². The Hall–Kier alpha value is -3.32. The molecule has 3 aromatic rings. The van der Waals surface area contributed by atoms with Crippen LogP contribution in [0.25, 0.3) is 5.69 Å². The predicted molar refractivity (Wildman–Crippen MR) is 143 cm³/mol. The molecule has 1 aromatic heterocycles. The second-order valence-electron chi connectivity index (χ2n) is 9.65. The lowest BCUT2D eigenvalue weighted by molar-refractivity contribution is -0.116. The van der Waals surface area contributed by atoms with Crippen molar-refractivity contribution in [1.29, 1.82) is 0 Å². The van der Waals surface area contributed by atoms with Crippen LogP contribution in [-0.2, 0) is 10.2 Å². The van der Waals surface area contributed by atoms with Gasteiger partial charge in [-0.15, -0.1) is 0 Å². The van der Waals surface area contributed by atoms with Gasteiger partial charge in [0.05, 0.1) is 16.4 Å². The fourth-order valence-electron chi connectivity index (χ4n) is 3.44. The van der Waals surface area contributed by atoms with Crippen molar-refractivity contribution in [3.05, 3.63) is 70.9 Å². The molecule has 0 bridgehead atoms. The monoisotopic (exact) mass is 495 g/mol. The second-order valence-corrected chi connectivity index (χ2v) is 10.1. The van der Waals surface area contributed by atoms with Crippen LogP contribution in [-0.4, -0.2) is 39.7 Å². The first-order valence-electron chi connectivity index (χ1n) is 11.9. The summed E-state index contributed by atoms with van der Waals surface area (Å²) in [6.45, 7) is 10.6. The first-order chi connectivity index (χ1) is 16.6. The Bertz CT molecular complexity index is 1170. The molecule has 3 rings (SSSR count). The zero-order chi connectivity index (χ0) is 25.6. The molecule has 0 aliphatic heterocycles. The van der Waals surface area contributed by atoms with Crippen molar-refractivity contribution in [2.24, 2.45) is 0 Å². The summed E-state index contributed by atoms with van der Waals surface area (Å²) in [5.41, 5.74) is 3.05. The van der Waals surface area contributed by atoms with Crippen LogP contribution in [0.2, 0.25) is 5.02 Å². The van der Waals surface area contributed by atoms with Crippen LogP contribution < -0.4 is 10.6 Å². The Morgan fingerprint density at radius 2 is 1.74 bits per heavy atom. The maximum Gasteiger partial charge on any atom is 0.322 e. The highest BCUT2D eigenvalue weighted by atomic mass is 35.5. The average molecular weight is 496 g/mol. The van der Waals surface area contributed by atoms with E-state index in [1.54, 1.807) is 10.7 Å². The molecule has 0 aliphatic carbocycles. The zero-order valence-corrected chi connectivity index (χ0v) is 21.8. The van der Waals surface area contributed by atoms with Gasteiger partial charge < -0.3 is 15.5 Å². The zero-order valence-electron chi connectivity index (χ0n) is 21.1. The standard InChI is InChI=1S/C27H34ClN5O2/c1-6-7-16-32(26(35)29-20-14-12-19(2)13-15-20)18-25(34)30-24-17-23(27(3,4)5)31-33(24)22-11-9-8-10-21(22)28/h8-15,17H,6-7,16,18H2,1-5H3,(H,29,35)(H,30,34). The van der Waals surface area contributed by atoms with E-state index in [-0.39, 0.29) is 23.9 Å². The van der Waals surface area contributed by atoms with E-state index in [1.165, 1.54) is 4.90 Å². The molecule has 186 valence electrons. The third-order valence-corrected chi connectivity index (χ3v) is 5.85. The Kier molecular flexibility index (Phi) is 8.57. The Labute approximate surface area is 212 Å². The van der Waals surface area contributed by atoms with E-state index in [2.05, 4.69) is 31.4 Å². The number of hydrogen-bond acceptors (Lipinski definition) is 3. The number of aromatic nitrogens is 2. The lowest BCUT2D eigenvalue weighted by Gasteiger charge is -2.22. The van der Waals surface area contributed by atoms with Crippen molar-refractivity contribution in [2.45, 2.75) is 52.9 Å². The van der Waals surface area contributed by atoms with E-state index in [1.807, 2.05) is 62.4 Å². The molecule has 0 fully saturated rings. The van der Waals surface area contributed by atoms with Gasteiger partial charge in [0, 0.05) is 23.7 Å². The fraction of sp³-hybridized carbons (Fsp3) is 0.370. The molecule has 35 heavy (non-hydrogen) atoms. The van der Waals surface area contributed by atoms with Gasteiger partial charge in [0.25, 0.3) is 0 Å². The lowest BCUT2D eigenvalue weighted by Crippen LogP contribution is -2.41. The van der Waals surface area contributed by atoms with E-state index < -0.39 is 0 Å². The summed E-state index contributed by atoms with van der Waals surface area (Å²) in [6.07, 6.45) is 1.70. The van der Waals surface area contributed by atoms with Crippen LogP contribution in [0.1, 0.15) is 51.8 Å². The molecular weight excluding hydrogens is 462 g/mol. The predicted octanol–water partition coefficient (Wildman–Crippen LogP) is 6.40. The number of anilines is 2. The average Bonchev–Trinajstić information content (AvgIpc) is 3.22. The molecule has 1 heterocycles. The van der Waals surface area contributed by atoms with Gasteiger partial charge in [-0.05, 0) is 37.6 Å². The van der Waals surface area contributed by atoms with E-state index in [4.69, 9.17) is 16.7 Å². The minimum Gasteiger partial charge on any atom is -0.315 e. The van der Waals surface area contributed by atoms with Crippen LogP contribution >= 0.6 is 11.6 Å². The third kappa shape index (κ3) is 7.09. The van der Waals surface area contributed by atoms with Crippen molar-refractivity contribution in [3.8, 4) is 5.69 Å². The summed E-state index contributed by atoms with van der Waals surface area (Å²) < 4.78 is 1.64. The summed E-state index contributed by atoms with van der Waals surface area (Å²) >= 11 is 6.43. The van der Waals surface area contributed by atoms with Crippen molar-refractivity contribution in [2.75, 3.05) is 23.7 Å². The third-order valence-electron chi connectivity index (χ3n) is 5.53. The lowest BCUT2D eigenvalue weighted by atomic mass is 9.92. The number of nitrogens with one attached hydrogen (secondary N) is 2. The van der Waals surface area contributed by atoms with Crippen molar-refractivity contribution >= 4 is 35.0 Å². The van der Waals surface area contributed by atoms with Crippen molar-refractivity contribution < 1.29 is 9.59 Å². The number of carbonyl (C=O) groups is 2. The number of hydrogen-bond donors (Lipinski definition) is 2. The molecule has 8 heteroatoms. The maximum absolute atomic E-state index is 13.1. The first kappa shape index (κ1) is 26.3. The topological polar surface area (TPSA) is 79.3 Å². The number of urea groups is 1. The second kappa shape index (κ2) is 11.4. The van der Waals surface area contributed by atoms with Gasteiger partial charge >= 0.3 is 6.03 Å². The van der Waals surface area contributed by atoms with Crippen LogP contribution in [0.5, 0.6) is 0 Å². The first-order valence-corrected chi connectivity index (χ1v) is 12.2. The molecule has 2 N–H and O–H groups in total. The summed E-state index contributed by atoms with van der Waals surface area (Å²) in [6, 6.07) is 16.4. The Morgan fingerprint density at radius 1 is 1.06 bits per heavy atom. The van der Waals surface area contributed by atoms with Gasteiger partial charge in [0.15, 0.2) is 0 Å². The number of aryl methyl sites for hydroxylation is 1. The molecule has 2 aromatic carbocycles. The summed E-state index contributed by atoms with van der Waals surface area (Å²) in [5, 5.41) is 11.1. The molecule has 0 saturated heterocycles. The van der Waals surface area contributed by atoms with Crippen LogP contribution in [0.3, 0.4) is 0 Å². The van der Waals surface area contributed by atoms with Crippen LogP contribution in [0.15, 0.2) is 54.6 Å². The molecule has 0 spiro atoms. The largest absolute Gasteiger partial charge is 0.322 e. The van der Waals surface area contributed by atoms with Crippen molar-refractivity contribution in [1.82, 2.24) is 14.7 Å². The smallest absolute Gasteiger partial charge is 0.315 e. The van der Waals surface area contributed by atoms with Gasteiger partial charge in [0.1, 0.15) is 12.4 Å². The van der Waals surface area contributed by atoms with Gasteiger partial charge in [0.2, 0.25) is 5.91 Å². The maximum atomic E-state index is 13.1. The summed E-state index contributed by atoms with van der Waals surface area (Å²) in [5.74, 6) is 0.191. The molecule has 0 radical (unpaired) electrons. The van der Waals surface area contributed by atoms with Gasteiger partial charge in [-0.1, -0.05) is 75.5 Å². The highest BCUT2D eigenvalue weighted by molar-refractivity contribution is 6.32. The molecule has 0 saturated carbocycles. The van der Waals surface area contributed by atoms with Crippen LogP contribution in [0, 0.1) is 6.92 Å². The van der Waals surface area contributed by atoms with E-state index in [0.29, 0.717) is 28.8 Å². The number of unbranched alkanes of at least 4 members (excludes halogenated alkanes) is 1. The van der Waals surface area contributed by atoms with Crippen molar-refractivity contribution in [3.63, 3.8) is 0 Å². The normalized spacial score (nSPS) is 11.3. The number of carbonyl (C=O) groups excluding carboxylic acids is 2. The van der Waals surface area contributed by atoms with E-state index in [9.17, 15) is 9.59 Å². The quantitative estimate of drug-likeness (QED) is 0.379. The highest BCUT2D eigenvalue weighted by Crippen LogP contribution is 2.29.